The van der Waals surface area contributed by atoms with Crippen molar-refractivity contribution in [3.63, 3.8) is 0 Å². The highest BCUT2D eigenvalue weighted by Crippen LogP contribution is 2.15. The number of carbonyl (C=O) groups is 1. The standard InChI is InChI=1S/C20H27N5OS/c1-15-23-18(14-27-15)13-24(3)20(21-2)22-11-16-6-8-17(9-7-16)12-25-10-4-5-19(25)26/h6-9,14H,4-5,10-13H2,1-3H3,(H,21,22). The number of aryl methyl sites for hydroxylation is 1. The number of hydrogen-bond donors (Lipinski definition) is 1. The Bertz CT molecular complexity index is 799. The van der Waals surface area contributed by atoms with Crippen LogP contribution in [0.15, 0.2) is 34.6 Å². The summed E-state index contributed by atoms with van der Waals surface area (Å²) in [5.74, 6) is 1.11. The SMILES string of the molecule is CN=C(NCc1ccc(CN2CCCC2=O)cc1)N(C)Cc1csc(C)n1. The molecule has 1 aliphatic heterocycles. The number of carbonyl (C=O) groups excluding carboxylic acids is 1. The molecular formula is C20H27N5OS. The van der Waals surface area contributed by atoms with Crippen molar-refractivity contribution >= 4 is 23.2 Å². The van der Waals surface area contributed by atoms with Crippen LogP contribution in [0.4, 0.5) is 0 Å². The molecule has 1 aliphatic rings. The lowest BCUT2D eigenvalue weighted by Crippen LogP contribution is -2.38. The first-order chi connectivity index (χ1) is 13.0. The summed E-state index contributed by atoms with van der Waals surface area (Å²) < 4.78 is 0. The van der Waals surface area contributed by atoms with Crippen LogP contribution in [0.3, 0.4) is 0 Å². The smallest absolute Gasteiger partial charge is 0.222 e. The Balaban J connectivity index is 1.51. The van der Waals surface area contributed by atoms with Crippen molar-refractivity contribution in [2.24, 2.45) is 4.99 Å². The van der Waals surface area contributed by atoms with E-state index < -0.39 is 0 Å². The Kier molecular flexibility index (Phi) is 6.45. The number of thiazole rings is 1. The topological polar surface area (TPSA) is 60.8 Å². The molecule has 0 spiro atoms. The number of rotatable bonds is 6. The molecule has 3 rings (SSSR count). The molecule has 144 valence electrons. The molecule has 7 heteroatoms. The second-order valence-electron chi connectivity index (χ2n) is 6.85. The Labute approximate surface area is 164 Å². The average molecular weight is 386 g/mol. The highest BCUT2D eigenvalue weighted by atomic mass is 32.1. The number of guanidine groups is 1. The van der Waals surface area contributed by atoms with Gasteiger partial charge < -0.3 is 15.1 Å². The van der Waals surface area contributed by atoms with Crippen molar-refractivity contribution < 1.29 is 4.79 Å². The minimum absolute atomic E-state index is 0.267. The molecule has 2 heterocycles. The summed E-state index contributed by atoms with van der Waals surface area (Å²) in [6.07, 6.45) is 1.67. The van der Waals surface area contributed by atoms with Crippen LogP contribution >= 0.6 is 11.3 Å². The molecule has 2 aromatic rings. The number of nitrogens with one attached hydrogen (secondary N) is 1. The van der Waals surface area contributed by atoms with Crippen molar-refractivity contribution in [1.82, 2.24) is 20.1 Å². The van der Waals surface area contributed by atoms with E-state index in [0.29, 0.717) is 19.5 Å². The molecule has 1 aromatic carbocycles. The number of amides is 1. The average Bonchev–Trinajstić information content (AvgIpc) is 3.25. The number of nitrogens with zero attached hydrogens (tertiary/aromatic N) is 4. The molecule has 1 N–H and O–H groups in total. The number of aromatic nitrogens is 1. The zero-order valence-electron chi connectivity index (χ0n) is 16.2. The highest BCUT2D eigenvalue weighted by molar-refractivity contribution is 7.09. The zero-order valence-corrected chi connectivity index (χ0v) is 17.1. The summed E-state index contributed by atoms with van der Waals surface area (Å²) in [6, 6.07) is 8.43. The molecule has 0 unspecified atom stereocenters. The van der Waals surface area contributed by atoms with Gasteiger partial charge in [-0.15, -0.1) is 11.3 Å². The minimum atomic E-state index is 0.267. The first-order valence-electron chi connectivity index (χ1n) is 9.23. The summed E-state index contributed by atoms with van der Waals surface area (Å²) in [6.45, 7) is 5.04. The molecule has 6 nitrogen and oxygen atoms in total. The van der Waals surface area contributed by atoms with Gasteiger partial charge in [0.1, 0.15) is 0 Å². The molecule has 1 fully saturated rings. The fourth-order valence-electron chi connectivity index (χ4n) is 3.22. The lowest BCUT2D eigenvalue weighted by molar-refractivity contribution is -0.128. The number of aliphatic imine (C=N–C) groups is 1. The first kappa shape index (κ1) is 19.4. The normalized spacial score (nSPS) is 14.7. The van der Waals surface area contributed by atoms with Crippen LogP contribution in [0, 0.1) is 6.92 Å². The van der Waals surface area contributed by atoms with Gasteiger partial charge in [-0.2, -0.15) is 0 Å². The molecular weight excluding hydrogens is 358 g/mol. The van der Waals surface area contributed by atoms with Gasteiger partial charge in [-0.1, -0.05) is 24.3 Å². The number of likely N-dealkylation sites (tertiary alicyclic amines) is 1. The van der Waals surface area contributed by atoms with E-state index >= 15 is 0 Å². The summed E-state index contributed by atoms with van der Waals surface area (Å²) in [5.41, 5.74) is 3.42. The minimum Gasteiger partial charge on any atom is -0.352 e. The van der Waals surface area contributed by atoms with Gasteiger partial charge in [-0.25, -0.2) is 4.98 Å². The van der Waals surface area contributed by atoms with Gasteiger partial charge in [0.2, 0.25) is 5.91 Å². The number of hydrogen-bond acceptors (Lipinski definition) is 4. The van der Waals surface area contributed by atoms with E-state index in [2.05, 4.69) is 49.8 Å². The van der Waals surface area contributed by atoms with Crippen LogP contribution in [0.2, 0.25) is 0 Å². The molecule has 1 amide bonds. The van der Waals surface area contributed by atoms with Crippen molar-refractivity contribution in [1.29, 1.82) is 0 Å². The number of benzene rings is 1. The Hall–Kier alpha value is -2.41. The van der Waals surface area contributed by atoms with E-state index in [4.69, 9.17) is 0 Å². The lowest BCUT2D eigenvalue weighted by Gasteiger charge is -2.21. The maximum atomic E-state index is 11.7. The van der Waals surface area contributed by atoms with Gasteiger partial charge in [0, 0.05) is 45.5 Å². The third-order valence-corrected chi connectivity index (χ3v) is 5.48. The fraction of sp³-hybridized carbons (Fsp3) is 0.450. The van der Waals surface area contributed by atoms with Gasteiger partial charge in [0.25, 0.3) is 0 Å². The molecule has 0 aliphatic carbocycles. The molecule has 0 atom stereocenters. The van der Waals surface area contributed by atoms with Crippen LogP contribution in [0.5, 0.6) is 0 Å². The summed E-state index contributed by atoms with van der Waals surface area (Å²) in [4.78, 5) is 24.6. The van der Waals surface area contributed by atoms with E-state index in [1.54, 1.807) is 18.4 Å². The van der Waals surface area contributed by atoms with Crippen molar-refractivity contribution in [2.45, 2.75) is 39.4 Å². The van der Waals surface area contributed by atoms with Crippen molar-refractivity contribution in [3.8, 4) is 0 Å². The van der Waals surface area contributed by atoms with Gasteiger partial charge in [-0.3, -0.25) is 9.79 Å². The molecule has 0 bridgehead atoms. The van der Waals surface area contributed by atoms with Gasteiger partial charge in [0.15, 0.2) is 5.96 Å². The second-order valence-corrected chi connectivity index (χ2v) is 7.91. The Morgan fingerprint density at radius 1 is 1.33 bits per heavy atom. The third kappa shape index (κ3) is 5.29. The fourth-order valence-corrected chi connectivity index (χ4v) is 3.82. The first-order valence-corrected chi connectivity index (χ1v) is 10.1. The summed E-state index contributed by atoms with van der Waals surface area (Å²) in [7, 11) is 3.81. The van der Waals surface area contributed by atoms with Gasteiger partial charge in [0.05, 0.1) is 17.2 Å². The summed E-state index contributed by atoms with van der Waals surface area (Å²) in [5, 5.41) is 6.57. The lowest BCUT2D eigenvalue weighted by atomic mass is 10.1. The van der Waals surface area contributed by atoms with Crippen LogP contribution < -0.4 is 5.32 Å². The van der Waals surface area contributed by atoms with Crippen LogP contribution in [-0.4, -0.2) is 47.3 Å². The molecule has 27 heavy (non-hydrogen) atoms. The maximum Gasteiger partial charge on any atom is 0.222 e. The van der Waals surface area contributed by atoms with E-state index in [-0.39, 0.29) is 5.91 Å². The molecule has 1 aromatic heterocycles. The monoisotopic (exact) mass is 385 g/mol. The zero-order chi connectivity index (χ0) is 19.2. The second kappa shape index (κ2) is 8.99. The van der Waals surface area contributed by atoms with Crippen molar-refractivity contribution in [3.05, 3.63) is 51.5 Å². The van der Waals surface area contributed by atoms with Crippen LogP contribution in [-0.2, 0) is 24.4 Å². The predicted molar refractivity (Wildman–Crippen MR) is 110 cm³/mol. The predicted octanol–water partition coefficient (Wildman–Crippen LogP) is 2.78. The van der Waals surface area contributed by atoms with E-state index in [1.165, 1.54) is 11.1 Å². The molecule has 1 saturated heterocycles. The highest BCUT2D eigenvalue weighted by Gasteiger charge is 2.19. The quantitative estimate of drug-likeness (QED) is 0.614. The Morgan fingerprint density at radius 3 is 2.67 bits per heavy atom. The molecule has 0 saturated carbocycles. The maximum absolute atomic E-state index is 11.7. The largest absolute Gasteiger partial charge is 0.352 e. The van der Waals surface area contributed by atoms with Crippen LogP contribution in [0.25, 0.3) is 0 Å². The van der Waals surface area contributed by atoms with Crippen LogP contribution in [0.1, 0.15) is 34.7 Å². The van der Waals surface area contributed by atoms with Gasteiger partial charge in [-0.05, 0) is 24.5 Å². The van der Waals surface area contributed by atoms with Crippen molar-refractivity contribution in [2.75, 3.05) is 20.6 Å². The third-order valence-electron chi connectivity index (χ3n) is 4.66. The summed E-state index contributed by atoms with van der Waals surface area (Å²) >= 11 is 1.67. The van der Waals surface area contributed by atoms with E-state index in [9.17, 15) is 4.79 Å². The molecule has 0 radical (unpaired) electrons. The van der Waals surface area contributed by atoms with E-state index in [1.807, 2.05) is 18.9 Å². The van der Waals surface area contributed by atoms with E-state index in [0.717, 1.165) is 36.2 Å². The Morgan fingerprint density at radius 2 is 2.07 bits per heavy atom. The van der Waals surface area contributed by atoms with Gasteiger partial charge >= 0.3 is 0 Å².